The molecular weight excluding hydrogens is 460 g/mol. The molecule has 2 amide bonds. The van der Waals surface area contributed by atoms with Gasteiger partial charge >= 0.3 is 12.1 Å². The molecule has 2 atom stereocenters. The molecule has 0 bridgehead atoms. The van der Waals surface area contributed by atoms with Gasteiger partial charge in [0.1, 0.15) is 18.7 Å². The van der Waals surface area contributed by atoms with Gasteiger partial charge in [0.2, 0.25) is 5.91 Å². The molecule has 2 aliphatic rings. The minimum absolute atomic E-state index is 0.0161. The van der Waals surface area contributed by atoms with Crippen LogP contribution in [0.4, 0.5) is 13.6 Å². The summed E-state index contributed by atoms with van der Waals surface area (Å²) in [6.07, 6.45) is -1.85. The summed E-state index contributed by atoms with van der Waals surface area (Å²) in [5.74, 6) is -5.91. The van der Waals surface area contributed by atoms with Gasteiger partial charge in [0.25, 0.3) is 5.92 Å². The Morgan fingerprint density at radius 3 is 2.23 bits per heavy atom. The Balaban J connectivity index is 1.46. The Kier molecular flexibility index (Phi) is 6.75. The van der Waals surface area contributed by atoms with Crippen molar-refractivity contribution in [2.24, 2.45) is 0 Å². The first-order valence-electron chi connectivity index (χ1n) is 11.2. The highest BCUT2D eigenvalue weighted by Gasteiger charge is 2.51. The van der Waals surface area contributed by atoms with Crippen LogP contribution in [0.3, 0.4) is 0 Å². The third-order valence-corrected chi connectivity index (χ3v) is 6.32. The molecule has 1 aliphatic heterocycles. The minimum Gasteiger partial charge on any atom is -0.480 e. The van der Waals surface area contributed by atoms with Crippen LogP contribution in [-0.4, -0.2) is 84.7 Å². The second-order valence-electron chi connectivity index (χ2n) is 9.16. The number of benzene rings is 2. The van der Waals surface area contributed by atoms with Crippen molar-refractivity contribution < 1.29 is 33.0 Å². The molecule has 4 rings (SSSR count). The molecule has 1 heterocycles. The standard InChI is InChI=1S/C25H27F2N3O5/c1-29(2)12-20(22(31)30-14-25(26,27)11-21(30)23(32)33)28-24(34)35-13-19-17-9-5-3-7-15(17)16-8-4-6-10-18(16)19/h3-10,19-21H,11-14H2,1-2H3,(H,28,34)(H,32,33). The first-order valence-corrected chi connectivity index (χ1v) is 11.2. The Hall–Kier alpha value is -3.53. The molecule has 35 heavy (non-hydrogen) atoms. The lowest BCUT2D eigenvalue weighted by molar-refractivity contribution is -0.149. The molecule has 2 unspecified atom stereocenters. The maximum atomic E-state index is 13.9. The van der Waals surface area contributed by atoms with E-state index in [-0.39, 0.29) is 19.1 Å². The quantitative estimate of drug-likeness (QED) is 0.623. The number of ether oxygens (including phenoxy) is 1. The zero-order valence-corrected chi connectivity index (χ0v) is 19.4. The SMILES string of the molecule is CN(C)CC(NC(=O)OCC1c2ccccc2-c2ccccc21)C(=O)N1CC(F)(F)CC1C(=O)O. The molecule has 0 aromatic heterocycles. The number of hydrogen-bond acceptors (Lipinski definition) is 5. The maximum absolute atomic E-state index is 13.9. The average molecular weight is 488 g/mol. The van der Waals surface area contributed by atoms with E-state index in [4.69, 9.17) is 4.74 Å². The molecule has 2 N–H and O–H groups in total. The van der Waals surface area contributed by atoms with Crippen molar-refractivity contribution in [1.29, 1.82) is 0 Å². The van der Waals surface area contributed by atoms with E-state index in [1.54, 1.807) is 19.0 Å². The highest BCUT2D eigenvalue weighted by molar-refractivity contribution is 5.90. The number of alkyl carbamates (subject to hydrolysis) is 1. The van der Waals surface area contributed by atoms with Crippen LogP contribution in [0, 0.1) is 0 Å². The number of aliphatic carboxylic acids is 1. The lowest BCUT2D eigenvalue weighted by Gasteiger charge is -2.28. The number of alkyl halides is 2. The van der Waals surface area contributed by atoms with Crippen LogP contribution in [0.5, 0.6) is 0 Å². The molecule has 2 aromatic carbocycles. The van der Waals surface area contributed by atoms with Gasteiger partial charge in [-0.05, 0) is 36.3 Å². The topological polar surface area (TPSA) is 99.2 Å². The van der Waals surface area contributed by atoms with Crippen molar-refractivity contribution in [3.8, 4) is 11.1 Å². The number of carbonyl (C=O) groups is 3. The number of carboxylic acid groups (broad SMARTS) is 1. The lowest BCUT2D eigenvalue weighted by Crippen LogP contribution is -2.55. The van der Waals surface area contributed by atoms with Crippen LogP contribution >= 0.6 is 0 Å². The molecule has 186 valence electrons. The second-order valence-corrected chi connectivity index (χ2v) is 9.16. The number of nitrogens with zero attached hydrogens (tertiary/aromatic N) is 2. The van der Waals surface area contributed by atoms with E-state index >= 15 is 0 Å². The summed E-state index contributed by atoms with van der Waals surface area (Å²) in [6.45, 7) is -1.02. The minimum atomic E-state index is -3.31. The fourth-order valence-corrected chi connectivity index (χ4v) is 4.80. The van der Waals surface area contributed by atoms with Crippen LogP contribution < -0.4 is 5.32 Å². The fraction of sp³-hybridized carbons (Fsp3) is 0.400. The van der Waals surface area contributed by atoms with E-state index in [1.165, 1.54) is 0 Å². The van der Waals surface area contributed by atoms with E-state index in [0.717, 1.165) is 22.3 Å². The molecule has 10 heteroatoms. The highest BCUT2D eigenvalue weighted by atomic mass is 19.3. The zero-order valence-electron chi connectivity index (χ0n) is 19.4. The normalized spacial score (nSPS) is 19.2. The number of likely N-dealkylation sites (N-methyl/N-ethyl adjacent to an activating group) is 1. The number of nitrogens with one attached hydrogen (secondary N) is 1. The van der Waals surface area contributed by atoms with Crippen molar-refractivity contribution in [2.45, 2.75) is 30.3 Å². The van der Waals surface area contributed by atoms with Gasteiger partial charge in [0, 0.05) is 18.9 Å². The van der Waals surface area contributed by atoms with Gasteiger partial charge in [-0.2, -0.15) is 0 Å². The van der Waals surface area contributed by atoms with Gasteiger partial charge in [-0.25, -0.2) is 18.4 Å². The Morgan fingerprint density at radius 2 is 1.69 bits per heavy atom. The van der Waals surface area contributed by atoms with Crippen molar-refractivity contribution in [2.75, 3.05) is 33.8 Å². The number of hydrogen-bond donors (Lipinski definition) is 2. The largest absolute Gasteiger partial charge is 0.480 e. The van der Waals surface area contributed by atoms with Crippen LogP contribution in [0.1, 0.15) is 23.5 Å². The molecule has 0 radical (unpaired) electrons. The molecule has 8 nitrogen and oxygen atoms in total. The van der Waals surface area contributed by atoms with E-state index < -0.39 is 48.9 Å². The van der Waals surface area contributed by atoms with Crippen LogP contribution in [-0.2, 0) is 14.3 Å². The van der Waals surface area contributed by atoms with Crippen LogP contribution in [0.2, 0.25) is 0 Å². The number of fused-ring (bicyclic) bond motifs is 3. The van der Waals surface area contributed by atoms with Crippen molar-refractivity contribution in [1.82, 2.24) is 15.1 Å². The Morgan fingerprint density at radius 1 is 1.11 bits per heavy atom. The van der Waals surface area contributed by atoms with Crippen LogP contribution in [0.15, 0.2) is 48.5 Å². The number of carboxylic acids is 1. The van der Waals surface area contributed by atoms with E-state index in [2.05, 4.69) is 5.32 Å². The summed E-state index contributed by atoms with van der Waals surface area (Å²) in [5.41, 5.74) is 4.16. The van der Waals surface area contributed by atoms with Crippen molar-refractivity contribution >= 4 is 18.0 Å². The summed E-state index contributed by atoms with van der Waals surface area (Å²) in [6, 6.07) is 12.7. The summed E-state index contributed by atoms with van der Waals surface area (Å²) in [5, 5.41) is 11.8. The van der Waals surface area contributed by atoms with Gasteiger partial charge in [0.15, 0.2) is 0 Å². The van der Waals surface area contributed by atoms with E-state index in [0.29, 0.717) is 4.90 Å². The molecule has 0 saturated carbocycles. The number of carbonyl (C=O) groups excluding carboxylic acids is 2. The Bertz CT molecular complexity index is 1090. The van der Waals surface area contributed by atoms with Crippen LogP contribution in [0.25, 0.3) is 11.1 Å². The molecule has 1 saturated heterocycles. The third kappa shape index (κ3) is 5.12. The van der Waals surface area contributed by atoms with Gasteiger partial charge in [0.05, 0.1) is 6.54 Å². The summed E-state index contributed by atoms with van der Waals surface area (Å²) in [7, 11) is 3.29. The first kappa shape index (κ1) is 24.6. The van der Waals surface area contributed by atoms with Gasteiger partial charge in [-0.3, -0.25) is 4.79 Å². The van der Waals surface area contributed by atoms with Gasteiger partial charge in [-0.1, -0.05) is 48.5 Å². The number of rotatable bonds is 7. The van der Waals surface area contributed by atoms with Crippen molar-refractivity contribution in [3.63, 3.8) is 0 Å². The van der Waals surface area contributed by atoms with Crippen molar-refractivity contribution in [3.05, 3.63) is 59.7 Å². The third-order valence-electron chi connectivity index (χ3n) is 6.32. The monoisotopic (exact) mass is 487 g/mol. The second kappa shape index (κ2) is 9.61. The fourth-order valence-electron chi connectivity index (χ4n) is 4.80. The summed E-state index contributed by atoms with van der Waals surface area (Å²) >= 11 is 0. The number of amides is 2. The predicted octanol–water partition coefficient (Wildman–Crippen LogP) is 2.78. The zero-order chi connectivity index (χ0) is 25.3. The average Bonchev–Trinajstić information content (AvgIpc) is 3.31. The Labute approximate surface area is 201 Å². The van der Waals surface area contributed by atoms with Gasteiger partial charge in [-0.15, -0.1) is 0 Å². The molecule has 2 aromatic rings. The van der Waals surface area contributed by atoms with Gasteiger partial charge < -0.3 is 25.0 Å². The lowest BCUT2D eigenvalue weighted by atomic mass is 9.98. The smallest absolute Gasteiger partial charge is 0.407 e. The number of likely N-dealkylation sites (tertiary alicyclic amines) is 1. The molecule has 1 fully saturated rings. The molecule has 0 spiro atoms. The maximum Gasteiger partial charge on any atom is 0.407 e. The summed E-state index contributed by atoms with van der Waals surface area (Å²) in [4.78, 5) is 39.4. The highest BCUT2D eigenvalue weighted by Crippen LogP contribution is 2.44. The molecule has 1 aliphatic carbocycles. The summed E-state index contributed by atoms with van der Waals surface area (Å²) < 4.78 is 33.3. The van der Waals surface area contributed by atoms with E-state index in [1.807, 2.05) is 48.5 Å². The van der Waals surface area contributed by atoms with E-state index in [9.17, 15) is 28.3 Å². The number of halogens is 2. The first-order chi connectivity index (χ1) is 16.6. The molecular formula is C25H27F2N3O5. The predicted molar refractivity (Wildman–Crippen MR) is 123 cm³/mol.